The summed E-state index contributed by atoms with van der Waals surface area (Å²) in [5.41, 5.74) is 2.02. The van der Waals surface area contributed by atoms with Crippen LogP contribution in [-0.4, -0.2) is 27.7 Å². The Bertz CT molecular complexity index is 1030. The molecule has 0 saturated carbocycles. The molecule has 0 radical (unpaired) electrons. The largest absolute Gasteiger partial charge is 0.285 e. The third kappa shape index (κ3) is 3.00. The Hall–Kier alpha value is -2.16. The Morgan fingerprint density at radius 2 is 2.13 bits per heavy atom. The van der Waals surface area contributed by atoms with Crippen molar-refractivity contribution < 1.29 is 8.42 Å². The summed E-state index contributed by atoms with van der Waals surface area (Å²) < 4.78 is 25.9. The molecule has 23 heavy (non-hydrogen) atoms. The number of hydrogen-bond donors (Lipinski definition) is 1. The minimum atomic E-state index is -3.72. The van der Waals surface area contributed by atoms with Crippen LogP contribution < -0.4 is 5.14 Å². The summed E-state index contributed by atoms with van der Waals surface area (Å²) in [6.07, 6.45) is 4.83. The van der Waals surface area contributed by atoms with Gasteiger partial charge in [-0.05, 0) is 25.1 Å². The number of halogens is 1. The molecule has 3 rings (SSSR count). The maximum absolute atomic E-state index is 11.2. The molecule has 0 atom stereocenters. The van der Waals surface area contributed by atoms with Crippen molar-refractivity contribution >= 4 is 38.7 Å². The van der Waals surface area contributed by atoms with Crippen molar-refractivity contribution in [1.82, 2.24) is 19.3 Å². The molecule has 0 unspecified atom stereocenters. The molecule has 0 bridgehead atoms. The lowest BCUT2D eigenvalue weighted by atomic mass is 10.2. The molecular formula is C14H14ClN5O2S. The second kappa shape index (κ2) is 5.48. The van der Waals surface area contributed by atoms with Gasteiger partial charge in [-0.1, -0.05) is 11.6 Å². The number of nitrogens with two attached hydrogens (primary N) is 1. The van der Waals surface area contributed by atoms with Crippen molar-refractivity contribution in [1.29, 1.82) is 0 Å². The lowest BCUT2D eigenvalue weighted by molar-refractivity contribution is 0.606. The predicted molar refractivity (Wildman–Crippen MR) is 89.7 cm³/mol. The van der Waals surface area contributed by atoms with Crippen LogP contribution in [0.1, 0.15) is 11.3 Å². The van der Waals surface area contributed by atoms with Crippen molar-refractivity contribution in [3.05, 3.63) is 46.2 Å². The minimum Gasteiger partial charge on any atom is -0.285 e. The van der Waals surface area contributed by atoms with Gasteiger partial charge in [0.25, 0.3) is 0 Å². The highest BCUT2D eigenvalue weighted by molar-refractivity contribution is 7.92. The fourth-order valence-electron chi connectivity index (χ4n) is 2.47. The fraction of sp³-hybridized carbons (Fsp3) is 0.143. The van der Waals surface area contributed by atoms with Crippen LogP contribution in [0.2, 0.25) is 5.02 Å². The van der Waals surface area contributed by atoms with Gasteiger partial charge in [0.1, 0.15) is 11.5 Å². The van der Waals surface area contributed by atoms with Crippen molar-refractivity contribution in [2.75, 3.05) is 0 Å². The fourth-order valence-corrected chi connectivity index (χ4v) is 2.97. The van der Waals surface area contributed by atoms with E-state index in [0.717, 1.165) is 10.8 Å². The quantitative estimate of drug-likeness (QED) is 0.780. The first kappa shape index (κ1) is 15.7. The van der Waals surface area contributed by atoms with Gasteiger partial charge in [0.15, 0.2) is 0 Å². The second-order valence-corrected chi connectivity index (χ2v) is 6.98. The van der Waals surface area contributed by atoms with Gasteiger partial charge in [-0.25, -0.2) is 18.5 Å². The Kier molecular flexibility index (Phi) is 3.75. The summed E-state index contributed by atoms with van der Waals surface area (Å²) in [4.78, 5) is 4.34. The summed E-state index contributed by atoms with van der Waals surface area (Å²) in [5, 5.41) is 11.8. The molecule has 0 spiro atoms. The number of aromatic nitrogens is 4. The van der Waals surface area contributed by atoms with Crippen molar-refractivity contribution in [2.24, 2.45) is 12.2 Å². The van der Waals surface area contributed by atoms with E-state index in [1.807, 2.05) is 22.9 Å². The maximum Gasteiger partial charge on any atom is 0.231 e. The van der Waals surface area contributed by atoms with E-state index in [1.165, 1.54) is 6.08 Å². The molecule has 0 aliphatic carbocycles. The van der Waals surface area contributed by atoms with Crippen LogP contribution in [0.25, 0.3) is 22.9 Å². The standard InChI is InChI=1S/C14H14ClN5O2S/c1-9-12(4-6-23(16,21)22)14(19(2)18-9)20-5-3-10-7-11(15)8-17-13(10)20/h3-8H,1-2H3,(H2,16,21,22). The number of aryl methyl sites for hydroxylation is 2. The van der Waals surface area contributed by atoms with E-state index < -0.39 is 10.0 Å². The summed E-state index contributed by atoms with van der Waals surface area (Å²) in [7, 11) is -1.95. The van der Waals surface area contributed by atoms with E-state index >= 15 is 0 Å². The number of sulfonamides is 1. The molecule has 0 saturated heterocycles. The Balaban J connectivity index is 2.25. The van der Waals surface area contributed by atoms with Crippen molar-refractivity contribution in [2.45, 2.75) is 6.92 Å². The zero-order valence-corrected chi connectivity index (χ0v) is 14.0. The molecule has 9 heteroatoms. The summed E-state index contributed by atoms with van der Waals surface area (Å²) >= 11 is 5.96. The van der Waals surface area contributed by atoms with E-state index in [-0.39, 0.29) is 0 Å². The molecule has 7 nitrogen and oxygen atoms in total. The molecular weight excluding hydrogens is 338 g/mol. The van der Waals surface area contributed by atoms with E-state index in [0.29, 0.717) is 27.7 Å². The zero-order valence-electron chi connectivity index (χ0n) is 12.4. The Morgan fingerprint density at radius 1 is 1.39 bits per heavy atom. The highest BCUT2D eigenvalue weighted by Gasteiger charge is 2.16. The number of fused-ring (bicyclic) bond motifs is 1. The zero-order chi connectivity index (χ0) is 16.8. The van der Waals surface area contributed by atoms with Crippen LogP contribution in [0.4, 0.5) is 0 Å². The first-order valence-electron chi connectivity index (χ1n) is 6.64. The molecule has 0 fully saturated rings. The molecule has 0 aliphatic rings. The van der Waals surface area contributed by atoms with Gasteiger partial charge in [-0.2, -0.15) is 5.10 Å². The van der Waals surface area contributed by atoms with Gasteiger partial charge < -0.3 is 0 Å². The maximum atomic E-state index is 11.2. The summed E-state index contributed by atoms with van der Waals surface area (Å²) in [6, 6.07) is 3.69. The van der Waals surface area contributed by atoms with Crippen molar-refractivity contribution in [3.8, 4) is 5.82 Å². The first-order chi connectivity index (χ1) is 10.8. The molecule has 0 aromatic carbocycles. The SMILES string of the molecule is Cc1nn(C)c(-n2ccc3cc(Cl)cnc32)c1C=CS(N)(=O)=O. The predicted octanol–water partition coefficient (Wildman–Crippen LogP) is 1.98. The van der Waals surface area contributed by atoms with E-state index in [1.54, 1.807) is 24.9 Å². The third-order valence-electron chi connectivity index (χ3n) is 3.38. The van der Waals surface area contributed by atoms with Crippen LogP contribution in [0.15, 0.2) is 29.9 Å². The van der Waals surface area contributed by atoms with Gasteiger partial charge >= 0.3 is 0 Å². The topological polar surface area (TPSA) is 95.8 Å². The van der Waals surface area contributed by atoms with E-state index in [9.17, 15) is 8.42 Å². The van der Waals surface area contributed by atoms with Crippen LogP contribution in [0.3, 0.4) is 0 Å². The first-order valence-corrected chi connectivity index (χ1v) is 8.62. The van der Waals surface area contributed by atoms with E-state index in [4.69, 9.17) is 16.7 Å². The Labute approximate surface area is 138 Å². The van der Waals surface area contributed by atoms with Gasteiger partial charge in [-0.3, -0.25) is 9.25 Å². The normalized spacial score (nSPS) is 12.5. The highest BCUT2D eigenvalue weighted by Crippen LogP contribution is 2.25. The van der Waals surface area contributed by atoms with Gasteiger partial charge in [-0.15, -0.1) is 0 Å². The van der Waals surface area contributed by atoms with Crippen LogP contribution in [-0.2, 0) is 17.1 Å². The van der Waals surface area contributed by atoms with Gasteiger partial charge in [0, 0.05) is 35.8 Å². The summed E-state index contributed by atoms with van der Waals surface area (Å²) in [6.45, 7) is 1.79. The number of rotatable bonds is 3. The number of hydrogen-bond acceptors (Lipinski definition) is 4. The monoisotopic (exact) mass is 351 g/mol. The molecule has 0 amide bonds. The lowest BCUT2D eigenvalue weighted by Crippen LogP contribution is -2.07. The van der Waals surface area contributed by atoms with Crippen molar-refractivity contribution in [3.63, 3.8) is 0 Å². The molecule has 2 N–H and O–H groups in total. The molecule has 3 aromatic rings. The molecule has 3 aromatic heterocycles. The third-order valence-corrected chi connectivity index (χ3v) is 4.11. The van der Waals surface area contributed by atoms with Crippen LogP contribution in [0.5, 0.6) is 0 Å². The van der Waals surface area contributed by atoms with Crippen LogP contribution >= 0.6 is 11.6 Å². The molecule has 0 aliphatic heterocycles. The second-order valence-electron chi connectivity index (χ2n) is 5.09. The van der Waals surface area contributed by atoms with Gasteiger partial charge in [0.2, 0.25) is 10.0 Å². The number of nitrogens with zero attached hydrogens (tertiary/aromatic N) is 4. The lowest BCUT2D eigenvalue weighted by Gasteiger charge is -2.07. The average Bonchev–Trinajstić information content (AvgIpc) is 2.95. The van der Waals surface area contributed by atoms with Crippen LogP contribution in [0, 0.1) is 6.92 Å². The van der Waals surface area contributed by atoms with E-state index in [2.05, 4.69) is 10.1 Å². The number of primary sulfonamides is 1. The molecule has 3 heterocycles. The number of pyridine rings is 1. The highest BCUT2D eigenvalue weighted by atomic mass is 35.5. The smallest absolute Gasteiger partial charge is 0.231 e. The average molecular weight is 352 g/mol. The summed E-state index contributed by atoms with van der Waals surface area (Å²) in [5.74, 6) is 0.687. The Morgan fingerprint density at radius 3 is 2.83 bits per heavy atom. The minimum absolute atomic E-state index is 0.547. The molecule has 120 valence electrons. The van der Waals surface area contributed by atoms with Gasteiger partial charge in [0.05, 0.1) is 10.7 Å².